The molecule has 0 aliphatic carbocycles. The highest BCUT2D eigenvalue weighted by molar-refractivity contribution is 6.67. The van der Waals surface area contributed by atoms with Gasteiger partial charge in [-0.1, -0.05) is 34.8 Å². The van der Waals surface area contributed by atoms with E-state index in [-0.39, 0.29) is 6.61 Å². The third-order valence-electron chi connectivity index (χ3n) is 0.914. The van der Waals surface area contributed by atoms with E-state index in [0.29, 0.717) is 0 Å². The van der Waals surface area contributed by atoms with Gasteiger partial charge in [-0.3, -0.25) is 4.84 Å². The number of carbonyl (C=O) groups excluding carboxylic acids is 1. The van der Waals surface area contributed by atoms with Crippen LogP contribution in [0.15, 0.2) is 0 Å². The monoisotopic (exact) mass is 235 g/mol. The van der Waals surface area contributed by atoms with Crippen LogP contribution < -0.4 is 5.90 Å². The van der Waals surface area contributed by atoms with Crippen molar-refractivity contribution < 1.29 is 14.4 Å². The Hall–Kier alpha value is 0.260. The van der Waals surface area contributed by atoms with E-state index in [2.05, 4.69) is 9.57 Å². The first-order valence-electron chi connectivity index (χ1n) is 2.95. The van der Waals surface area contributed by atoms with Gasteiger partial charge in [0.2, 0.25) is 3.79 Å². The number of ether oxygens (including phenoxy) is 1. The fourth-order valence-corrected chi connectivity index (χ4v) is 0.490. The largest absolute Gasteiger partial charge is 0.459 e. The van der Waals surface area contributed by atoms with Crippen LogP contribution in [0.3, 0.4) is 0 Å². The number of rotatable bonds is 3. The highest BCUT2D eigenvalue weighted by Crippen LogP contribution is 2.25. The number of hydrogen-bond donors (Lipinski definition) is 1. The lowest BCUT2D eigenvalue weighted by Gasteiger charge is -2.13. The SMILES string of the molecule is CC(ON)C(=O)OCC(Cl)(Cl)Cl. The summed E-state index contributed by atoms with van der Waals surface area (Å²) in [5, 5.41) is 0. The quantitative estimate of drug-likeness (QED) is 0.454. The lowest BCUT2D eigenvalue weighted by atomic mass is 10.4. The molecule has 7 heteroatoms. The van der Waals surface area contributed by atoms with Gasteiger partial charge in [-0.05, 0) is 6.92 Å². The fourth-order valence-electron chi connectivity index (χ4n) is 0.326. The van der Waals surface area contributed by atoms with E-state index in [1.165, 1.54) is 6.92 Å². The lowest BCUT2D eigenvalue weighted by molar-refractivity contribution is -0.156. The zero-order valence-electron chi connectivity index (χ0n) is 6.22. The van der Waals surface area contributed by atoms with Gasteiger partial charge in [0.1, 0.15) is 6.61 Å². The molecule has 0 radical (unpaired) electrons. The van der Waals surface area contributed by atoms with Crippen molar-refractivity contribution in [3.8, 4) is 0 Å². The normalized spacial score (nSPS) is 14.1. The Kier molecular flexibility index (Phi) is 5.20. The van der Waals surface area contributed by atoms with Crippen molar-refractivity contribution in [1.82, 2.24) is 0 Å². The van der Waals surface area contributed by atoms with Gasteiger partial charge in [0.15, 0.2) is 6.10 Å². The van der Waals surface area contributed by atoms with E-state index >= 15 is 0 Å². The number of hydrogen-bond acceptors (Lipinski definition) is 4. The van der Waals surface area contributed by atoms with Crippen LogP contribution in [0, 0.1) is 0 Å². The highest BCUT2D eigenvalue weighted by Gasteiger charge is 2.24. The van der Waals surface area contributed by atoms with E-state index in [1.807, 2.05) is 0 Å². The summed E-state index contributed by atoms with van der Waals surface area (Å²) in [6, 6.07) is 0. The summed E-state index contributed by atoms with van der Waals surface area (Å²) in [7, 11) is 0. The molecule has 1 unspecified atom stereocenters. The topological polar surface area (TPSA) is 61.5 Å². The van der Waals surface area contributed by atoms with Crippen LogP contribution in [0.25, 0.3) is 0 Å². The Morgan fingerprint density at radius 2 is 2.08 bits per heavy atom. The van der Waals surface area contributed by atoms with Crippen LogP contribution in [-0.2, 0) is 14.4 Å². The van der Waals surface area contributed by atoms with E-state index in [0.717, 1.165) is 0 Å². The summed E-state index contributed by atoms with van der Waals surface area (Å²) in [5.74, 6) is 4.04. The summed E-state index contributed by atoms with van der Waals surface area (Å²) in [4.78, 5) is 15.0. The Bertz CT molecular complexity index is 159. The summed E-state index contributed by atoms with van der Waals surface area (Å²) in [5.41, 5.74) is 0. The summed E-state index contributed by atoms with van der Waals surface area (Å²) in [6.07, 6.45) is -0.864. The van der Waals surface area contributed by atoms with Crippen LogP contribution in [0.4, 0.5) is 0 Å². The third-order valence-corrected chi connectivity index (χ3v) is 1.24. The molecular formula is C5H8Cl3NO3. The zero-order chi connectivity index (χ0) is 9.78. The number of esters is 1. The van der Waals surface area contributed by atoms with Gasteiger partial charge in [-0.15, -0.1) is 0 Å². The minimum absolute atomic E-state index is 0.329. The van der Waals surface area contributed by atoms with Crippen LogP contribution >= 0.6 is 34.8 Å². The molecular weight excluding hydrogens is 228 g/mol. The van der Waals surface area contributed by atoms with Gasteiger partial charge in [0, 0.05) is 0 Å². The van der Waals surface area contributed by atoms with Gasteiger partial charge in [0.05, 0.1) is 0 Å². The Morgan fingerprint density at radius 3 is 2.42 bits per heavy atom. The van der Waals surface area contributed by atoms with Crippen molar-refractivity contribution in [2.45, 2.75) is 16.8 Å². The number of carbonyl (C=O) groups is 1. The van der Waals surface area contributed by atoms with Gasteiger partial charge in [-0.2, -0.15) is 0 Å². The Balaban J connectivity index is 3.72. The average Bonchev–Trinajstić information content (AvgIpc) is 1.97. The molecule has 0 bridgehead atoms. The van der Waals surface area contributed by atoms with Crippen LogP contribution in [-0.4, -0.2) is 22.5 Å². The second-order valence-corrected chi connectivity index (χ2v) is 4.52. The van der Waals surface area contributed by atoms with Crippen molar-refractivity contribution in [2.24, 2.45) is 5.90 Å². The smallest absolute Gasteiger partial charge is 0.337 e. The van der Waals surface area contributed by atoms with Crippen molar-refractivity contribution >= 4 is 40.8 Å². The predicted molar refractivity (Wildman–Crippen MR) is 46.0 cm³/mol. The van der Waals surface area contributed by atoms with E-state index in [4.69, 9.17) is 40.7 Å². The first-order valence-corrected chi connectivity index (χ1v) is 4.09. The maximum absolute atomic E-state index is 10.8. The predicted octanol–water partition coefficient (Wildman–Crippen LogP) is 1.18. The minimum atomic E-state index is -1.61. The molecule has 12 heavy (non-hydrogen) atoms. The molecule has 0 aromatic rings. The Morgan fingerprint density at radius 1 is 1.58 bits per heavy atom. The van der Waals surface area contributed by atoms with Crippen LogP contribution in [0.2, 0.25) is 0 Å². The standard InChI is InChI=1S/C5H8Cl3NO3/c1-3(12-9)4(10)11-2-5(6,7)8/h3H,2,9H2,1H3. The molecule has 0 heterocycles. The molecule has 0 saturated heterocycles. The fraction of sp³-hybridized carbons (Fsp3) is 0.800. The molecule has 4 nitrogen and oxygen atoms in total. The number of nitrogens with two attached hydrogens (primary N) is 1. The molecule has 1 atom stereocenters. The first-order chi connectivity index (χ1) is 5.37. The van der Waals surface area contributed by atoms with E-state index < -0.39 is 15.9 Å². The lowest BCUT2D eigenvalue weighted by Crippen LogP contribution is -2.28. The molecule has 0 aliphatic rings. The molecule has 0 spiro atoms. The maximum Gasteiger partial charge on any atom is 0.337 e. The summed E-state index contributed by atoms with van der Waals surface area (Å²) in [6.45, 7) is 1.09. The molecule has 0 aromatic carbocycles. The van der Waals surface area contributed by atoms with Gasteiger partial charge < -0.3 is 4.74 Å². The second kappa shape index (κ2) is 5.09. The van der Waals surface area contributed by atoms with E-state index in [9.17, 15) is 4.79 Å². The van der Waals surface area contributed by atoms with Gasteiger partial charge in [0.25, 0.3) is 0 Å². The molecule has 0 amide bonds. The van der Waals surface area contributed by atoms with Crippen molar-refractivity contribution in [3.63, 3.8) is 0 Å². The molecule has 0 saturated carbocycles. The van der Waals surface area contributed by atoms with E-state index in [1.54, 1.807) is 0 Å². The number of alkyl halides is 3. The Labute approximate surface area is 84.8 Å². The van der Waals surface area contributed by atoms with Crippen molar-refractivity contribution in [1.29, 1.82) is 0 Å². The molecule has 0 aromatic heterocycles. The molecule has 0 rings (SSSR count). The molecule has 72 valence electrons. The summed E-state index contributed by atoms with van der Waals surface area (Å²) < 4.78 is 2.91. The van der Waals surface area contributed by atoms with Gasteiger partial charge >= 0.3 is 5.97 Å². The molecule has 0 fully saturated rings. The second-order valence-electron chi connectivity index (χ2n) is 2.00. The molecule has 0 aliphatic heterocycles. The highest BCUT2D eigenvalue weighted by atomic mass is 35.6. The maximum atomic E-state index is 10.8. The first kappa shape index (κ1) is 12.3. The minimum Gasteiger partial charge on any atom is -0.459 e. The average molecular weight is 236 g/mol. The van der Waals surface area contributed by atoms with Gasteiger partial charge in [-0.25, -0.2) is 10.7 Å². The van der Waals surface area contributed by atoms with Crippen molar-refractivity contribution in [2.75, 3.05) is 6.61 Å². The van der Waals surface area contributed by atoms with Crippen molar-refractivity contribution in [3.05, 3.63) is 0 Å². The van der Waals surface area contributed by atoms with Crippen LogP contribution in [0.5, 0.6) is 0 Å². The summed E-state index contributed by atoms with van der Waals surface area (Å²) >= 11 is 15.9. The van der Waals surface area contributed by atoms with Crippen LogP contribution in [0.1, 0.15) is 6.92 Å². The zero-order valence-corrected chi connectivity index (χ0v) is 8.49. The number of halogens is 3. The third kappa shape index (κ3) is 5.85. The molecule has 2 N–H and O–H groups in total.